The summed E-state index contributed by atoms with van der Waals surface area (Å²) in [5.41, 5.74) is 2.75. The summed E-state index contributed by atoms with van der Waals surface area (Å²) in [4.78, 5) is 24.4. The number of rotatable bonds is 5. The molecule has 1 aromatic carbocycles. The van der Waals surface area contributed by atoms with Gasteiger partial charge >= 0.3 is 11.8 Å². The number of aliphatic hydroxyl groups is 1. The van der Waals surface area contributed by atoms with Crippen molar-refractivity contribution in [3.8, 4) is 0 Å². The Bertz CT molecular complexity index is 683. The van der Waals surface area contributed by atoms with Crippen molar-refractivity contribution in [3.05, 3.63) is 51.7 Å². The van der Waals surface area contributed by atoms with Gasteiger partial charge in [0.1, 0.15) is 0 Å². The third kappa shape index (κ3) is 4.91. The van der Waals surface area contributed by atoms with Crippen LogP contribution in [0.1, 0.15) is 28.5 Å². The standard InChI is InChI=1S/C17H20N2O3S/c1-11-5-6-13(10-12(11)2)19-17(22)16(21)18-8-7-14(20)15-4-3-9-23-15/h3-6,9-10,14,20H,7-8H2,1-2H3,(H,18,21)(H,19,22). The van der Waals surface area contributed by atoms with Crippen LogP contribution in [-0.2, 0) is 9.59 Å². The second-order valence-electron chi connectivity index (χ2n) is 5.33. The second kappa shape index (κ2) is 7.89. The van der Waals surface area contributed by atoms with Crippen molar-refractivity contribution in [3.63, 3.8) is 0 Å². The lowest BCUT2D eigenvalue weighted by molar-refractivity contribution is -0.136. The molecule has 3 N–H and O–H groups in total. The van der Waals surface area contributed by atoms with Crippen molar-refractivity contribution < 1.29 is 14.7 Å². The van der Waals surface area contributed by atoms with Gasteiger partial charge in [-0.3, -0.25) is 9.59 Å². The fourth-order valence-corrected chi connectivity index (χ4v) is 2.78. The van der Waals surface area contributed by atoms with E-state index in [9.17, 15) is 14.7 Å². The third-order valence-corrected chi connectivity index (χ3v) is 4.52. The topological polar surface area (TPSA) is 78.4 Å². The zero-order chi connectivity index (χ0) is 16.8. The molecule has 1 atom stereocenters. The first-order valence-electron chi connectivity index (χ1n) is 7.35. The SMILES string of the molecule is Cc1ccc(NC(=O)C(=O)NCCC(O)c2cccs2)cc1C. The first kappa shape index (κ1) is 17.2. The molecule has 0 fully saturated rings. The normalized spacial score (nSPS) is 11.8. The Labute approximate surface area is 139 Å². The average molecular weight is 332 g/mol. The lowest BCUT2D eigenvalue weighted by atomic mass is 10.1. The van der Waals surface area contributed by atoms with Gasteiger partial charge in [0.25, 0.3) is 0 Å². The summed E-state index contributed by atoms with van der Waals surface area (Å²) >= 11 is 1.46. The Hall–Kier alpha value is -2.18. The molecule has 0 aliphatic carbocycles. The number of amides is 2. The number of nitrogens with one attached hydrogen (secondary N) is 2. The van der Waals surface area contributed by atoms with Crippen LogP contribution in [0.2, 0.25) is 0 Å². The average Bonchev–Trinajstić information content (AvgIpc) is 3.05. The number of hydrogen-bond acceptors (Lipinski definition) is 4. The molecule has 0 saturated heterocycles. The quantitative estimate of drug-likeness (QED) is 0.736. The van der Waals surface area contributed by atoms with Gasteiger partial charge < -0.3 is 15.7 Å². The third-order valence-electron chi connectivity index (χ3n) is 3.55. The maximum atomic E-state index is 11.8. The monoisotopic (exact) mass is 332 g/mol. The molecule has 2 amide bonds. The zero-order valence-electron chi connectivity index (χ0n) is 13.1. The molecule has 0 radical (unpaired) electrons. The predicted molar refractivity (Wildman–Crippen MR) is 91.5 cm³/mol. The molecule has 0 bridgehead atoms. The van der Waals surface area contributed by atoms with Crippen molar-refractivity contribution in [2.75, 3.05) is 11.9 Å². The number of anilines is 1. The van der Waals surface area contributed by atoms with Crippen LogP contribution in [0, 0.1) is 13.8 Å². The molecule has 0 saturated carbocycles. The Kier molecular flexibility index (Phi) is 5.90. The van der Waals surface area contributed by atoms with E-state index in [-0.39, 0.29) is 6.54 Å². The Balaban J connectivity index is 1.78. The van der Waals surface area contributed by atoms with Gasteiger partial charge in [0, 0.05) is 17.1 Å². The number of carbonyl (C=O) groups excluding carboxylic acids is 2. The Morgan fingerprint density at radius 3 is 2.61 bits per heavy atom. The molecule has 1 unspecified atom stereocenters. The van der Waals surface area contributed by atoms with Crippen molar-refractivity contribution in [2.24, 2.45) is 0 Å². The highest BCUT2D eigenvalue weighted by Gasteiger charge is 2.15. The minimum absolute atomic E-state index is 0.234. The summed E-state index contributed by atoms with van der Waals surface area (Å²) in [7, 11) is 0. The summed E-state index contributed by atoms with van der Waals surface area (Å²) in [6, 6.07) is 9.16. The largest absolute Gasteiger partial charge is 0.388 e. The maximum Gasteiger partial charge on any atom is 0.313 e. The van der Waals surface area contributed by atoms with Crippen LogP contribution in [0.3, 0.4) is 0 Å². The number of benzene rings is 1. The number of aryl methyl sites for hydroxylation is 2. The molecule has 122 valence electrons. The van der Waals surface area contributed by atoms with Gasteiger partial charge in [-0.15, -0.1) is 11.3 Å². The number of hydrogen-bond donors (Lipinski definition) is 3. The predicted octanol–water partition coefficient (Wildman–Crippen LogP) is 2.54. The van der Waals surface area contributed by atoms with Crippen LogP contribution in [-0.4, -0.2) is 23.5 Å². The fraction of sp³-hybridized carbons (Fsp3) is 0.294. The van der Waals surface area contributed by atoms with Gasteiger partial charge in [-0.05, 0) is 55.0 Å². The lowest BCUT2D eigenvalue weighted by Crippen LogP contribution is -2.36. The van der Waals surface area contributed by atoms with E-state index in [0.29, 0.717) is 12.1 Å². The van der Waals surface area contributed by atoms with Gasteiger partial charge in [0.05, 0.1) is 6.10 Å². The molecule has 0 spiro atoms. The lowest BCUT2D eigenvalue weighted by Gasteiger charge is -2.10. The van der Waals surface area contributed by atoms with Crippen LogP contribution in [0.25, 0.3) is 0 Å². The van der Waals surface area contributed by atoms with E-state index >= 15 is 0 Å². The smallest absolute Gasteiger partial charge is 0.313 e. The number of carbonyl (C=O) groups is 2. The van der Waals surface area contributed by atoms with E-state index in [1.807, 2.05) is 43.5 Å². The van der Waals surface area contributed by atoms with Crippen LogP contribution in [0.15, 0.2) is 35.7 Å². The molecular weight excluding hydrogens is 312 g/mol. The first-order chi connectivity index (χ1) is 11.0. The Morgan fingerprint density at radius 2 is 1.96 bits per heavy atom. The first-order valence-corrected chi connectivity index (χ1v) is 8.23. The van der Waals surface area contributed by atoms with Crippen molar-refractivity contribution in [1.29, 1.82) is 0 Å². The van der Waals surface area contributed by atoms with Gasteiger partial charge in [-0.1, -0.05) is 12.1 Å². The Morgan fingerprint density at radius 1 is 1.17 bits per heavy atom. The molecule has 2 rings (SSSR count). The molecule has 23 heavy (non-hydrogen) atoms. The summed E-state index contributed by atoms with van der Waals surface area (Å²) in [5.74, 6) is -1.42. The van der Waals surface area contributed by atoms with Gasteiger partial charge in [-0.25, -0.2) is 0 Å². The van der Waals surface area contributed by atoms with Crippen molar-refractivity contribution in [1.82, 2.24) is 5.32 Å². The van der Waals surface area contributed by atoms with Crippen molar-refractivity contribution in [2.45, 2.75) is 26.4 Å². The van der Waals surface area contributed by atoms with E-state index in [1.165, 1.54) is 11.3 Å². The zero-order valence-corrected chi connectivity index (χ0v) is 13.9. The number of aliphatic hydroxyl groups excluding tert-OH is 1. The number of thiophene rings is 1. The molecule has 6 heteroatoms. The van der Waals surface area contributed by atoms with Gasteiger partial charge in [-0.2, -0.15) is 0 Å². The fourth-order valence-electron chi connectivity index (χ4n) is 2.03. The highest BCUT2D eigenvalue weighted by molar-refractivity contribution is 7.10. The minimum Gasteiger partial charge on any atom is -0.388 e. The van der Waals surface area contributed by atoms with E-state index in [1.54, 1.807) is 6.07 Å². The van der Waals surface area contributed by atoms with E-state index < -0.39 is 17.9 Å². The highest BCUT2D eigenvalue weighted by Crippen LogP contribution is 2.20. The van der Waals surface area contributed by atoms with Gasteiger partial charge in [0.15, 0.2) is 0 Å². The van der Waals surface area contributed by atoms with Crippen molar-refractivity contribution >= 4 is 28.8 Å². The van der Waals surface area contributed by atoms with E-state index in [2.05, 4.69) is 10.6 Å². The molecule has 2 aromatic rings. The molecule has 1 heterocycles. The second-order valence-corrected chi connectivity index (χ2v) is 6.31. The van der Waals surface area contributed by atoms with Crippen LogP contribution in [0.5, 0.6) is 0 Å². The minimum atomic E-state index is -0.709. The molecule has 1 aromatic heterocycles. The summed E-state index contributed by atoms with van der Waals surface area (Å²) in [6.45, 7) is 4.15. The maximum absolute atomic E-state index is 11.8. The highest BCUT2D eigenvalue weighted by atomic mass is 32.1. The summed E-state index contributed by atoms with van der Waals surface area (Å²) in [5, 5.41) is 16.9. The molecule has 0 aliphatic rings. The summed E-state index contributed by atoms with van der Waals surface area (Å²) < 4.78 is 0. The molecule has 0 aliphatic heterocycles. The molecule has 5 nitrogen and oxygen atoms in total. The van der Waals surface area contributed by atoms with Crippen LogP contribution < -0.4 is 10.6 Å². The van der Waals surface area contributed by atoms with Crippen LogP contribution >= 0.6 is 11.3 Å². The van der Waals surface area contributed by atoms with Crippen LogP contribution in [0.4, 0.5) is 5.69 Å². The molecular formula is C17H20N2O3S. The van der Waals surface area contributed by atoms with E-state index in [0.717, 1.165) is 16.0 Å². The summed E-state index contributed by atoms with van der Waals surface area (Å²) in [6.07, 6.45) is -0.262. The van der Waals surface area contributed by atoms with E-state index in [4.69, 9.17) is 0 Å². The van der Waals surface area contributed by atoms with Gasteiger partial charge in [0.2, 0.25) is 0 Å².